The highest BCUT2D eigenvalue weighted by Gasteiger charge is 2.13. The van der Waals surface area contributed by atoms with Crippen LogP contribution in [-0.2, 0) is 9.47 Å². The number of rotatable bonds is 5. The fourth-order valence-corrected chi connectivity index (χ4v) is 1.37. The zero-order valence-electron chi connectivity index (χ0n) is 8.98. The van der Waals surface area contributed by atoms with E-state index in [1.165, 1.54) is 0 Å². The number of halogens is 1. The summed E-state index contributed by atoms with van der Waals surface area (Å²) < 4.78 is 10.2. The van der Waals surface area contributed by atoms with Gasteiger partial charge in [0.1, 0.15) is 0 Å². The second-order valence-electron chi connectivity index (χ2n) is 2.95. The molecule has 84 valence electrons. The van der Waals surface area contributed by atoms with Crippen molar-refractivity contribution >= 4 is 17.4 Å². The lowest BCUT2D eigenvalue weighted by Crippen LogP contribution is -2.32. The number of nitrogens with zero attached hydrogens (tertiary/aromatic N) is 3. The fourth-order valence-electron chi connectivity index (χ4n) is 1.13. The van der Waals surface area contributed by atoms with Crippen LogP contribution in [0.15, 0.2) is 12.4 Å². The number of hydrogen-bond donors (Lipinski definition) is 0. The van der Waals surface area contributed by atoms with Crippen molar-refractivity contribution in [3.8, 4) is 0 Å². The topological polar surface area (TPSA) is 47.5 Å². The highest BCUT2D eigenvalue weighted by Crippen LogP contribution is 2.18. The van der Waals surface area contributed by atoms with Crippen LogP contribution in [0.4, 0.5) is 5.82 Å². The third-order valence-electron chi connectivity index (χ3n) is 1.95. The van der Waals surface area contributed by atoms with E-state index < -0.39 is 0 Å². The Balaban J connectivity index is 2.68. The molecule has 0 aliphatic heterocycles. The normalized spacial score (nSPS) is 10.7. The van der Waals surface area contributed by atoms with Gasteiger partial charge in [-0.05, 0) is 0 Å². The lowest BCUT2D eigenvalue weighted by molar-refractivity contribution is -0.0944. The first kappa shape index (κ1) is 12.2. The van der Waals surface area contributed by atoms with Crippen molar-refractivity contribution in [3.63, 3.8) is 0 Å². The predicted molar refractivity (Wildman–Crippen MR) is 58.1 cm³/mol. The van der Waals surface area contributed by atoms with Crippen molar-refractivity contribution < 1.29 is 9.47 Å². The Morgan fingerprint density at radius 3 is 2.47 bits per heavy atom. The van der Waals surface area contributed by atoms with E-state index in [1.54, 1.807) is 26.6 Å². The Kier molecular flexibility index (Phi) is 4.74. The molecule has 0 saturated heterocycles. The molecule has 0 aliphatic rings. The molecule has 0 bridgehead atoms. The quantitative estimate of drug-likeness (QED) is 0.713. The molecule has 5 nitrogen and oxygen atoms in total. The summed E-state index contributed by atoms with van der Waals surface area (Å²) in [6.45, 7) is 0.533. The van der Waals surface area contributed by atoms with Crippen LogP contribution in [0.1, 0.15) is 0 Å². The van der Waals surface area contributed by atoms with Crippen molar-refractivity contribution in [3.05, 3.63) is 17.5 Å². The minimum absolute atomic E-state index is 0.312. The summed E-state index contributed by atoms with van der Waals surface area (Å²) in [5.74, 6) is 0.610. The molecule has 15 heavy (non-hydrogen) atoms. The first-order valence-corrected chi connectivity index (χ1v) is 4.80. The molecule has 1 aromatic rings. The number of likely N-dealkylation sites (N-methyl/N-ethyl adjacent to an activating group) is 1. The van der Waals surface area contributed by atoms with Gasteiger partial charge in [0.25, 0.3) is 0 Å². The molecule has 1 rings (SSSR count). The molecule has 0 atom stereocenters. The van der Waals surface area contributed by atoms with Crippen molar-refractivity contribution in [1.29, 1.82) is 0 Å². The van der Waals surface area contributed by atoms with E-state index in [0.717, 1.165) is 0 Å². The Morgan fingerprint density at radius 1 is 1.33 bits per heavy atom. The van der Waals surface area contributed by atoms with E-state index in [-0.39, 0.29) is 6.29 Å². The number of ether oxygens (including phenoxy) is 2. The van der Waals surface area contributed by atoms with Crippen LogP contribution < -0.4 is 4.90 Å². The van der Waals surface area contributed by atoms with E-state index in [2.05, 4.69) is 9.97 Å². The molecular formula is C9H14ClN3O2. The van der Waals surface area contributed by atoms with Gasteiger partial charge in [-0.2, -0.15) is 0 Å². The fraction of sp³-hybridized carbons (Fsp3) is 0.556. The van der Waals surface area contributed by atoms with Crippen LogP contribution >= 0.6 is 11.6 Å². The molecule has 0 aromatic carbocycles. The summed E-state index contributed by atoms with van der Waals surface area (Å²) in [7, 11) is 5.02. The van der Waals surface area contributed by atoms with Crippen LogP contribution in [0.2, 0.25) is 5.15 Å². The van der Waals surface area contributed by atoms with Crippen LogP contribution in [-0.4, -0.2) is 44.1 Å². The summed E-state index contributed by atoms with van der Waals surface area (Å²) in [6.07, 6.45) is 2.82. The van der Waals surface area contributed by atoms with E-state index in [0.29, 0.717) is 17.5 Å². The van der Waals surface area contributed by atoms with E-state index in [1.807, 2.05) is 11.9 Å². The molecule has 1 aromatic heterocycles. The van der Waals surface area contributed by atoms with Gasteiger partial charge in [0.15, 0.2) is 17.3 Å². The van der Waals surface area contributed by atoms with E-state index >= 15 is 0 Å². The molecule has 0 unspecified atom stereocenters. The smallest absolute Gasteiger partial charge is 0.174 e. The minimum atomic E-state index is -0.312. The lowest BCUT2D eigenvalue weighted by atomic mass is 10.5. The van der Waals surface area contributed by atoms with Crippen molar-refractivity contribution in [1.82, 2.24) is 9.97 Å². The second kappa shape index (κ2) is 5.85. The second-order valence-corrected chi connectivity index (χ2v) is 3.31. The Morgan fingerprint density at radius 2 is 1.93 bits per heavy atom. The van der Waals surface area contributed by atoms with Gasteiger partial charge in [-0.1, -0.05) is 11.6 Å². The molecule has 0 spiro atoms. The molecule has 0 fully saturated rings. The van der Waals surface area contributed by atoms with Crippen molar-refractivity contribution in [2.24, 2.45) is 0 Å². The van der Waals surface area contributed by atoms with Gasteiger partial charge < -0.3 is 14.4 Å². The Bertz CT molecular complexity index is 307. The summed E-state index contributed by atoms with van der Waals surface area (Å²) in [5.41, 5.74) is 0. The molecule has 6 heteroatoms. The number of hydrogen-bond acceptors (Lipinski definition) is 5. The average molecular weight is 232 g/mol. The third-order valence-corrected chi connectivity index (χ3v) is 2.21. The minimum Gasteiger partial charge on any atom is -0.354 e. The van der Waals surface area contributed by atoms with Crippen LogP contribution in [0, 0.1) is 0 Å². The highest BCUT2D eigenvalue weighted by molar-refractivity contribution is 6.31. The summed E-state index contributed by atoms with van der Waals surface area (Å²) in [6, 6.07) is 0. The van der Waals surface area contributed by atoms with Crippen molar-refractivity contribution in [2.45, 2.75) is 6.29 Å². The number of anilines is 1. The number of aromatic nitrogens is 2. The van der Waals surface area contributed by atoms with Crippen LogP contribution in [0.25, 0.3) is 0 Å². The van der Waals surface area contributed by atoms with Gasteiger partial charge in [0.2, 0.25) is 0 Å². The SMILES string of the molecule is COC(CN(C)c1nccnc1Cl)OC. The molecule has 0 N–H and O–H groups in total. The zero-order valence-corrected chi connectivity index (χ0v) is 9.73. The van der Waals surface area contributed by atoms with Gasteiger partial charge in [0, 0.05) is 33.7 Å². The van der Waals surface area contributed by atoms with Crippen molar-refractivity contribution in [2.75, 3.05) is 32.7 Å². The summed E-state index contributed by atoms with van der Waals surface area (Å²) in [5, 5.41) is 0.367. The molecular weight excluding hydrogens is 218 g/mol. The standard InChI is InChI=1S/C9H14ClN3O2/c1-13(6-7(14-2)15-3)9-8(10)11-4-5-12-9/h4-5,7H,6H2,1-3H3. The van der Waals surface area contributed by atoms with E-state index in [4.69, 9.17) is 21.1 Å². The van der Waals surface area contributed by atoms with Gasteiger partial charge in [-0.15, -0.1) is 0 Å². The monoisotopic (exact) mass is 231 g/mol. The van der Waals surface area contributed by atoms with Crippen LogP contribution in [0.5, 0.6) is 0 Å². The largest absolute Gasteiger partial charge is 0.354 e. The third kappa shape index (κ3) is 3.30. The maximum absolute atomic E-state index is 5.89. The summed E-state index contributed by atoms with van der Waals surface area (Å²) in [4.78, 5) is 9.89. The molecule has 0 radical (unpaired) electrons. The van der Waals surface area contributed by atoms with Gasteiger partial charge >= 0.3 is 0 Å². The maximum atomic E-state index is 5.89. The molecule has 0 saturated carbocycles. The Labute approximate surface area is 94.0 Å². The van der Waals surface area contributed by atoms with Crippen LogP contribution in [0.3, 0.4) is 0 Å². The average Bonchev–Trinajstić information content (AvgIpc) is 2.26. The first-order valence-electron chi connectivity index (χ1n) is 4.42. The van der Waals surface area contributed by atoms with Gasteiger partial charge in [0.05, 0.1) is 6.54 Å². The number of methoxy groups -OCH3 is 2. The first-order chi connectivity index (χ1) is 7.19. The molecule has 0 aliphatic carbocycles. The Hall–Kier alpha value is -0.910. The predicted octanol–water partition coefficient (Wildman–Crippen LogP) is 1.19. The zero-order chi connectivity index (χ0) is 11.3. The lowest BCUT2D eigenvalue weighted by Gasteiger charge is -2.23. The molecule has 1 heterocycles. The highest BCUT2D eigenvalue weighted by atomic mass is 35.5. The maximum Gasteiger partial charge on any atom is 0.174 e. The summed E-state index contributed by atoms with van der Waals surface area (Å²) >= 11 is 5.89. The molecule has 0 amide bonds. The van der Waals surface area contributed by atoms with Gasteiger partial charge in [-0.25, -0.2) is 9.97 Å². The van der Waals surface area contributed by atoms with Gasteiger partial charge in [-0.3, -0.25) is 0 Å². The van der Waals surface area contributed by atoms with E-state index in [9.17, 15) is 0 Å².